The van der Waals surface area contributed by atoms with Crippen LogP contribution < -0.4 is 10.6 Å². The average Bonchev–Trinajstić information content (AvgIpc) is 3.23. The van der Waals surface area contributed by atoms with Gasteiger partial charge in [0, 0.05) is 36.9 Å². The number of nitrogens with one attached hydrogen (secondary N) is 2. The van der Waals surface area contributed by atoms with Gasteiger partial charge in [-0.15, -0.1) is 0 Å². The van der Waals surface area contributed by atoms with Crippen LogP contribution in [0.1, 0.15) is 40.4 Å². The fraction of sp³-hybridized carbons (Fsp3) is 0.333. The zero-order valence-electron chi connectivity index (χ0n) is 20.2. The van der Waals surface area contributed by atoms with E-state index in [-0.39, 0.29) is 31.0 Å². The third-order valence-electron chi connectivity index (χ3n) is 6.61. The van der Waals surface area contributed by atoms with Crippen molar-refractivity contribution in [1.82, 2.24) is 20.2 Å². The molecule has 2 aliphatic heterocycles. The molecule has 192 valence electrons. The van der Waals surface area contributed by atoms with E-state index in [0.717, 1.165) is 24.0 Å². The Morgan fingerprint density at radius 1 is 1.19 bits per heavy atom. The van der Waals surface area contributed by atoms with E-state index >= 15 is 0 Å². The van der Waals surface area contributed by atoms with Crippen LogP contribution in [0.25, 0.3) is 11.3 Å². The summed E-state index contributed by atoms with van der Waals surface area (Å²) in [7, 11) is 0. The number of aliphatic hydroxyl groups is 1. The Hall–Kier alpha value is -3.53. The molecule has 1 fully saturated rings. The minimum absolute atomic E-state index is 0.111. The van der Waals surface area contributed by atoms with Crippen LogP contribution in [0.5, 0.6) is 0 Å². The molecule has 3 N–H and O–H groups in total. The first kappa shape index (κ1) is 25.1. The van der Waals surface area contributed by atoms with Crippen molar-refractivity contribution in [2.24, 2.45) is 0 Å². The number of benzene rings is 2. The van der Waals surface area contributed by atoms with Gasteiger partial charge < -0.3 is 25.4 Å². The van der Waals surface area contributed by atoms with Gasteiger partial charge in [-0.25, -0.2) is 9.97 Å². The van der Waals surface area contributed by atoms with Crippen LogP contribution in [0.3, 0.4) is 0 Å². The van der Waals surface area contributed by atoms with Crippen LogP contribution in [-0.4, -0.2) is 64.2 Å². The van der Waals surface area contributed by atoms with E-state index in [2.05, 4.69) is 20.6 Å². The lowest BCUT2D eigenvalue weighted by atomic mass is 10.0. The Kier molecular flexibility index (Phi) is 7.64. The van der Waals surface area contributed by atoms with Gasteiger partial charge in [-0.2, -0.15) is 0 Å². The Balaban J connectivity index is 1.28. The van der Waals surface area contributed by atoms with Gasteiger partial charge in [0.05, 0.1) is 29.6 Å². The minimum Gasteiger partial charge on any atom is -0.394 e. The molecule has 5 rings (SSSR count). The molecule has 0 saturated carbocycles. The van der Waals surface area contributed by atoms with Crippen LogP contribution in [0.15, 0.2) is 54.7 Å². The Labute approximate surface area is 219 Å². The van der Waals surface area contributed by atoms with Crippen molar-refractivity contribution >= 4 is 29.4 Å². The van der Waals surface area contributed by atoms with Gasteiger partial charge in [-0.05, 0) is 30.0 Å². The van der Waals surface area contributed by atoms with Crippen molar-refractivity contribution in [3.8, 4) is 11.3 Å². The number of fused-ring (bicyclic) bond motifs is 1. The van der Waals surface area contributed by atoms with Gasteiger partial charge in [-0.1, -0.05) is 54.1 Å². The van der Waals surface area contributed by atoms with Crippen molar-refractivity contribution in [3.63, 3.8) is 0 Å². The summed E-state index contributed by atoms with van der Waals surface area (Å²) in [6.07, 6.45) is 3.31. The second-order valence-corrected chi connectivity index (χ2v) is 9.57. The highest BCUT2D eigenvalue weighted by Gasteiger charge is 2.30. The number of carbonyl (C=O) groups excluding carboxylic acids is 2. The molecule has 9 nitrogen and oxygen atoms in total. The molecule has 1 aromatic heterocycles. The second-order valence-electron chi connectivity index (χ2n) is 9.17. The van der Waals surface area contributed by atoms with Crippen molar-refractivity contribution in [1.29, 1.82) is 0 Å². The number of hydrogen-bond donors (Lipinski definition) is 3. The second kappa shape index (κ2) is 11.2. The van der Waals surface area contributed by atoms with Crippen LogP contribution >= 0.6 is 11.6 Å². The molecule has 2 aliphatic rings. The third-order valence-corrected chi connectivity index (χ3v) is 6.89. The molecule has 0 unspecified atom stereocenters. The Bertz CT molecular complexity index is 1280. The first-order chi connectivity index (χ1) is 18.0. The largest absolute Gasteiger partial charge is 0.394 e. The Morgan fingerprint density at radius 3 is 2.73 bits per heavy atom. The van der Waals surface area contributed by atoms with Crippen molar-refractivity contribution < 1.29 is 19.4 Å². The van der Waals surface area contributed by atoms with Gasteiger partial charge >= 0.3 is 0 Å². The van der Waals surface area contributed by atoms with E-state index in [4.69, 9.17) is 16.3 Å². The monoisotopic (exact) mass is 521 g/mol. The van der Waals surface area contributed by atoms with Gasteiger partial charge in [0.25, 0.3) is 5.91 Å². The standard InChI is InChI=1S/C27H28ClN5O4/c28-22-13-29-27(30-20-8-10-37-11-9-20)32-25(22)18-6-7-19-14-33(26(36)21(19)12-18)15-24(35)31-23(16-34)17-4-2-1-3-5-17/h1-7,12-13,20,23,34H,8-11,14-16H2,(H,31,35)(H,29,30,32)/t23-/m0/s1. The summed E-state index contributed by atoms with van der Waals surface area (Å²) in [5.74, 6) is -0.0989. The topological polar surface area (TPSA) is 117 Å². The number of halogens is 1. The van der Waals surface area contributed by atoms with E-state index < -0.39 is 6.04 Å². The molecule has 2 aromatic carbocycles. The van der Waals surface area contributed by atoms with Gasteiger partial charge in [-0.3, -0.25) is 9.59 Å². The molecular formula is C27H28ClN5O4. The number of rotatable bonds is 8. The number of amides is 2. The third kappa shape index (κ3) is 5.74. The van der Waals surface area contributed by atoms with Crippen molar-refractivity contribution in [3.05, 3.63) is 76.4 Å². The normalized spacial score (nSPS) is 16.4. The van der Waals surface area contributed by atoms with Crippen LogP contribution in [0, 0.1) is 0 Å². The first-order valence-electron chi connectivity index (χ1n) is 12.3. The molecule has 0 radical (unpaired) electrons. The summed E-state index contributed by atoms with van der Waals surface area (Å²) in [4.78, 5) is 36.3. The molecule has 3 aromatic rings. The zero-order valence-corrected chi connectivity index (χ0v) is 20.9. The number of ether oxygens (including phenoxy) is 1. The quantitative estimate of drug-likeness (QED) is 0.417. The van der Waals surface area contributed by atoms with Crippen LogP contribution in [0.2, 0.25) is 5.02 Å². The summed E-state index contributed by atoms with van der Waals surface area (Å²) in [6, 6.07) is 14.4. The number of carbonyl (C=O) groups is 2. The smallest absolute Gasteiger partial charge is 0.254 e. The van der Waals surface area contributed by atoms with E-state index in [1.807, 2.05) is 42.5 Å². The molecule has 2 amide bonds. The lowest BCUT2D eigenvalue weighted by Crippen LogP contribution is -2.40. The van der Waals surface area contributed by atoms with Gasteiger partial charge in [0.2, 0.25) is 11.9 Å². The summed E-state index contributed by atoms with van der Waals surface area (Å²) in [6.45, 7) is 1.38. The van der Waals surface area contributed by atoms with Crippen LogP contribution in [-0.2, 0) is 16.1 Å². The van der Waals surface area contributed by atoms with E-state index in [9.17, 15) is 14.7 Å². The molecule has 10 heteroatoms. The van der Waals surface area contributed by atoms with Crippen molar-refractivity contribution in [2.75, 3.05) is 31.7 Å². The molecular weight excluding hydrogens is 494 g/mol. The maximum absolute atomic E-state index is 13.2. The number of anilines is 1. The number of aliphatic hydroxyl groups excluding tert-OH is 1. The fourth-order valence-electron chi connectivity index (χ4n) is 4.63. The molecule has 1 atom stereocenters. The first-order valence-corrected chi connectivity index (χ1v) is 12.6. The number of nitrogens with zero attached hydrogens (tertiary/aromatic N) is 3. The lowest BCUT2D eigenvalue weighted by molar-refractivity contribution is -0.122. The molecule has 0 spiro atoms. The molecule has 1 saturated heterocycles. The maximum atomic E-state index is 13.2. The fourth-order valence-corrected chi connectivity index (χ4v) is 4.83. The average molecular weight is 522 g/mol. The zero-order chi connectivity index (χ0) is 25.8. The van der Waals surface area contributed by atoms with Gasteiger partial charge in [0.15, 0.2) is 0 Å². The highest BCUT2D eigenvalue weighted by Crippen LogP contribution is 2.31. The number of hydrogen-bond acceptors (Lipinski definition) is 7. The minimum atomic E-state index is -0.538. The molecule has 37 heavy (non-hydrogen) atoms. The number of aromatic nitrogens is 2. The molecule has 0 bridgehead atoms. The van der Waals surface area contributed by atoms with E-state index in [1.165, 1.54) is 4.90 Å². The lowest BCUT2D eigenvalue weighted by Gasteiger charge is -2.23. The highest BCUT2D eigenvalue weighted by atomic mass is 35.5. The van der Waals surface area contributed by atoms with Crippen LogP contribution in [0.4, 0.5) is 5.95 Å². The molecule has 0 aliphatic carbocycles. The van der Waals surface area contributed by atoms with E-state index in [1.54, 1.807) is 12.3 Å². The highest BCUT2D eigenvalue weighted by molar-refractivity contribution is 6.33. The molecule has 3 heterocycles. The predicted octanol–water partition coefficient (Wildman–Crippen LogP) is 3.19. The van der Waals surface area contributed by atoms with Crippen molar-refractivity contribution in [2.45, 2.75) is 31.5 Å². The summed E-state index contributed by atoms with van der Waals surface area (Å²) in [5, 5.41) is 16.3. The summed E-state index contributed by atoms with van der Waals surface area (Å²) in [5.41, 5.74) is 3.37. The maximum Gasteiger partial charge on any atom is 0.254 e. The summed E-state index contributed by atoms with van der Waals surface area (Å²) >= 11 is 6.43. The predicted molar refractivity (Wildman–Crippen MR) is 139 cm³/mol. The SMILES string of the molecule is O=C(CN1Cc2ccc(-c3nc(NC4CCOCC4)ncc3Cl)cc2C1=O)N[C@@H](CO)c1ccccc1. The van der Waals surface area contributed by atoms with E-state index in [0.29, 0.717) is 47.6 Å². The summed E-state index contributed by atoms with van der Waals surface area (Å²) < 4.78 is 5.41. The Morgan fingerprint density at radius 2 is 1.97 bits per heavy atom. The van der Waals surface area contributed by atoms with Gasteiger partial charge in [0.1, 0.15) is 6.54 Å².